The highest BCUT2D eigenvalue weighted by Crippen LogP contribution is 2.38. The van der Waals surface area contributed by atoms with Crippen molar-refractivity contribution in [2.24, 2.45) is 0 Å². The average molecular weight is 576 g/mol. The number of allylic oxidation sites excluding steroid dienone is 1. The van der Waals surface area contributed by atoms with Crippen molar-refractivity contribution in [3.8, 4) is 34.3 Å². The van der Waals surface area contributed by atoms with Crippen LogP contribution in [0.1, 0.15) is 11.7 Å². The normalized spacial score (nSPS) is 16.4. The van der Waals surface area contributed by atoms with E-state index in [2.05, 4.69) is 4.98 Å². The van der Waals surface area contributed by atoms with Gasteiger partial charge in [0.05, 0.1) is 23.1 Å². The first kappa shape index (κ1) is 26.8. The molecule has 0 saturated heterocycles. The average Bonchev–Trinajstić information content (AvgIpc) is 3.00. The fourth-order valence-corrected chi connectivity index (χ4v) is 6.20. The van der Waals surface area contributed by atoms with E-state index in [0.29, 0.717) is 17.0 Å². The molecule has 4 aromatic carbocycles. The van der Waals surface area contributed by atoms with E-state index in [1.165, 1.54) is 0 Å². The Kier molecular flexibility index (Phi) is 7.86. The predicted octanol–water partition coefficient (Wildman–Crippen LogP) is 7.46. The first-order chi connectivity index (χ1) is 20.0. The molecule has 6 nitrogen and oxygen atoms in total. The van der Waals surface area contributed by atoms with Gasteiger partial charge in [0, 0.05) is 19.6 Å². The molecule has 0 bridgehead atoms. The lowest BCUT2D eigenvalue weighted by molar-refractivity contribution is 0.202. The number of aliphatic hydroxyl groups excluding tert-OH is 1. The van der Waals surface area contributed by atoms with Gasteiger partial charge in [-0.3, -0.25) is 0 Å². The van der Waals surface area contributed by atoms with Gasteiger partial charge in [-0.15, -0.1) is 0 Å². The molecule has 0 saturated carbocycles. The Hall–Kier alpha value is -4.37. The van der Waals surface area contributed by atoms with Crippen LogP contribution in [0.15, 0.2) is 141 Å². The summed E-state index contributed by atoms with van der Waals surface area (Å²) in [4.78, 5) is 18.1. The van der Waals surface area contributed by atoms with Crippen LogP contribution < -0.4 is 0 Å². The summed E-state index contributed by atoms with van der Waals surface area (Å²) in [5.74, 6) is 0.291. The minimum atomic E-state index is -0.865. The van der Waals surface area contributed by atoms with Gasteiger partial charge in [-0.1, -0.05) is 84.2 Å². The monoisotopic (exact) mass is 575 g/mol. The molecular weight excluding hydrogens is 551 g/mol. The van der Waals surface area contributed by atoms with E-state index < -0.39 is 12.0 Å². The van der Waals surface area contributed by atoms with Gasteiger partial charge in [-0.2, -0.15) is 0 Å². The fourth-order valence-electron chi connectivity index (χ4n) is 4.39. The molecule has 41 heavy (non-hydrogen) atoms. The van der Waals surface area contributed by atoms with E-state index in [0.717, 1.165) is 19.6 Å². The lowest BCUT2D eigenvalue weighted by Crippen LogP contribution is -2.20. The standard InChI is InChI=1S/C33H25N3O3S2/c37-28-14-8-7-13-25(28)31-34-32(26-19-23(15-17-29(26)38)40-21-9-3-1-4-10-21)36-33(35-31)27-20-24(16-18-30(27)39)41-22-11-5-2-6-12-22/h1-20,26,29,37-39H. The van der Waals surface area contributed by atoms with Gasteiger partial charge in [-0.05, 0) is 60.7 Å². The van der Waals surface area contributed by atoms with Gasteiger partial charge in [0.2, 0.25) is 0 Å². The molecule has 1 aromatic heterocycles. The van der Waals surface area contributed by atoms with Crippen molar-refractivity contribution in [2.75, 3.05) is 0 Å². The van der Waals surface area contributed by atoms with Crippen LogP contribution in [-0.2, 0) is 0 Å². The highest BCUT2D eigenvalue weighted by atomic mass is 32.2. The third kappa shape index (κ3) is 6.20. The van der Waals surface area contributed by atoms with Gasteiger partial charge in [0.25, 0.3) is 0 Å². The lowest BCUT2D eigenvalue weighted by atomic mass is 9.96. The highest BCUT2D eigenvalue weighted by Gasteiger charge is 2.26. The summed E-state index contributed by atoms with van der Waals surface area (Å²) < 4.78 is 0. The molecule has 6 rings (SSSR count). The van der Waals surface area contributed by atoms with Crippen molar-refractivity contribution in [3.05, 3.63) is 132 Å². The molecule has 2 unspecified atom stereocenters. The predicted molar refractivity (Wildman–Crippen MR) is 163 cm³/mol. The molecule has 202 valence electrons. The maximum Gasteiger partial charge on any atom is 0.167 e. The first-order valence-electron chi connectivity index (χ1n) is 12.9. The Bertz CT molecular complexity index is 1740. The third-order valence-corrected chi connectivity index (χ3v) is 8.45. The Morgan fingerprint density at radius 2 is 1.20 bits per heavy atom. The first-order valence-corrected chi connectivity index (χ1v) is 14.6. The summed E-state index contributed by atoms with van der Waals surface area (Å²) in [7, 11) is 0. The highest BCUT2D eigenvalue weighted by molar-refractivity contribution is 8.03. The van der Waals surface area contributed by atoms with Crippen LogP contribution in [0.3, 0.4) is 0 Å². The zero-order chi connectivity index (χ0) is 28.2. The Balaban J connectivity index is 1.44. The van der Waals surface area contributed by atoms with Gasteiger partial charge in [-0.25, -0.2) is 15.0 Å². The summed E-state index contributed by atoms with van der Waals surface area (Å²) >= 11 is 3.14. The quantitative estimate of drug-likeness (QED) is 0.184. The molecule has 1 aliphatic carbocycles. The van der Waals surface area contributed by atoms with E-state index in [4.69, 9.17) is 9.97 Å². The summed E-state index contributed by atoms with van der Waals surface area (Å²) in [6.45, 7) is 0. The second-order valence-electron chi connectivity index (χ2n) is 9.31. The van der Waals surface area contributed by atoms with Crippen LogP contribution in [0.4, 0.5) is 0 Å². The summed E-state index contributed by atoms with van der Waals surface area (Å²) in [5, 5.41) is 32.5. The minimum Gasteiger partial charge on any atom is -0.507 e. The smallest absolute Gasteiger partial charge is 0.167 e. The van der Waals surface area contributed by atoms with Crippen molar-refractivity contribution in [2.45, 2.75) is 26.7 Å². The summed E-state index contributed by atoms with van der Waals surface area (Å²) in [6.07, 6.45) is 4.70. The minimum absolute atomic E-state index is 0.0164. The maximum atomic E-state index is 11.0. The van der Waals surface area contributed by atoms with Crippen molar-refractivity contribution < 1.29 is 15.3 Å². The fraction of sp³-hybridized carbons (Fsp3) is 0.0606. The number of aliphatic hydroxyl groups is 1. The van der Waals surface area contributed by atoms with Crippen molar-refractivity contribution in [1.29, 1.82) is 0 Å². The van der Waals surface area contributed by atoms with Gasteiger partial charge < -0.3 is 15.3 Å². The maximum absolute atomic E-state index is 11.0. The number of hydrogen-bond acceptors (Lipinski definition) is 8. The third-order valence-electron chi connectivity index (χ3n) is 6.43. The zero-order valence-corrected chi connectivity index (χ0v) is 23.3. The van der Waals surface area contributed by atoms with Crippen LogP contribution in [0.2, 0.25) is 0 Å². The summed E-state index contributed by atoms with van der Waals surface area (Å²) in [5.41, 5.74) is 0.852. The van der Waals surface area contributed by atoms with Crippen LogP contribution in [-0.4, -0.2) is 36.4 Å². The van der Waals surface area contributed by atoms with Crippen molar-refractivity contribution in [1.82, 2.24) is 15.0 Å². The van der Waals surface area contributed by atoms with Crippen molar-refractivity contribution in [3.63, 3.8) is 0 Å². The van der Waals surface area contributed by atoms with E-state index >= 15 is 0 Å². The number of para-hydroxylation sites is 1. The van der Waals surface area contributed by atoms with E-state index in [-0.39, 0.29) is 23.1 Å². The van der Waals surface area contributed by atoms with E-state index in [1.54, 1.807) is 59.9 Å². The molecule has 0 fully saturated rings. The topological polar surface area (TPSA) is 99.4 Å². The Labute approximate surface area is 246 Å². The molecule has 2 atom stereocenters. The number of benzene rings is 4. The Morgan fingerprint density at radius 1 is 0.585 bits per heavy atom. The number of aromatic hydroxyl groups is 2. The van der Waals surface area contributed by atoms with Gasteiger partial charge >= 0.3 is 0 Å². The molecule has 1 aliphatic rings. The number of rotatable bonds is 7. The number of hydrogen-bond donors (Lipinski definition) is 3. The van der Waals surface area contributed by atoms with Crippen LogP contribution in [0.25, 0.3) is 22.8 Å². The zero-order valence-electron chi connectivity index (χ0n) is 21.7. The van der Waals surface area contributed by atoms with E-state index in [9.17, 15) is 15.3 Å². The SMILES string of the molecule is Oc1ccccc1-c1nc(-c2cc(Sc3ccccc3)ccc2O)nc(C2C=C(Sc3ccccc3)C=CC2O)n1. The molecular formula is C33H25N3O3S2. The number of phenolic OH excluding ortho intramolecular Hbond substituents is 2. The van der Waals surface area contributed by atoms with Crippen LogP contribution >= 0.6 is 23.5 Å². The largest absolute Gasteiger partial charge is 0.507 e. The molecule has 8 heteroatoms. The number of phenols is 2. The molecule has 0 radical (unpaired) electrons. The number of aromatic nitrogens is 3. The van der Waals surface area contributed by atoms with Crippen molar-refractivity contribution >= 4 is 23.5 Å². The summed E-state index contributed by atoms with van der Waals surface area (Å²) in [6, 6.07) is 32.0. The second kappa shape index (κ2) is 12.0. The molecule has 1 heterocycles. The van der Waals surface area contributed by atoms with Gasteiger partial charge in [0.1, 0.15) is 17.3 Å². The van der Waals surface area contributed by atoms with Crippen LogP contribution in [0.5, 0.6) is 11.5 Å². The van der Waals surface area contributed by atoms with E-state index in [1.807, 2.05) is 84.9 Å². The molecule has 0 aliphatic heterocycles. The molecule has 3 N–H and O–H groups in total. The number of thioether (sulfide) groups is 1. The molecule has 0 spiro atoms. The molecule has 5 aromatic rings. The molecule has 0 amide bonds. The lowest BCUT2D eigenvalue weighted by Gasteiger charge is -2.22. The Morgan fingerprint density at radius 3 is 1.90 bits per heavy atom. The number of nitrogens with zero attached hydrogens (tertiary/aromatic N) is 3. The van der Waals surface area contributed by atoms with Crippen LogP contribution in [0, 0.1) is 0 Å². The van der Waals surface area contributed by atoms with Gasteiger partial charge in [0.15, 0.2) is 11.6 Å². The second-order valence-corrected chi connectivity index (χ2v) is 11.6.